The van der Waals surface area contributed by atoms with Gasteiger partial charge in [0.15, 0.2) is 0 Å². The van der Waals surface area contributed by atoms with Crippen LogP contribution in [0.4, 0.5) is 0 Å². The molecule has 0 fully saturated rings. The highest BCUT2D eigenvalue weighted by Gasteiger charge is 2.11. The minimum Gasteiger partial charge on any atom is -0.345 e. The molecule has 0 saturated carbocycles. The normalized spacial score (nSPS) is 10.4. The molecule has 2 aromatic heterocycles. The Morgan fingerprint density at radius 3 is 2.81 bits per heavy atom. The molecule has 0 bridgehead atoms. The molecule has 0 aromatic carbocycles. The number of aromatic nitrogens is 2. The quantitative estimate of drug-likeness (QED) is 0.912. The van der Waals surface area contributed by atoms with E-state index in [1.165, 1.54) is 11.3 Å². The second-order valence-electron chi connectivity index (χ2n) is 3.33. The molecule has 4 nitrogen and oxygen atoms in total. The van der Waals surface area contributed by atoms with E-state index in [-0.39, 0.29) is 5.91 Å². The average molecular weight is 253 g/mol. The van der Waals surface area contributed by atoms with E-state index < -0.39 is 0 Å². The highest BCUT2D eigenvalue weighted by Crippen LogP contribution is 2.13. The van der Waals surface area contributed by atoms with Gasteiger partial charge in [-0.15, -0.1) is 22.7 Å². The third kappa shape index (κ3) is 2.45. The third-order valence-electron chi connectivity index (χ3n) is 2.02. The highest BCUT2D eigenvalue weighted by molar-refractivity contribution is 7.12. The number of rotatable bonds is 3. The number of hydrogen-bond acceptors (Lipinski definition) is 5. The van der Waals surface area contributed by atoms with Gasteiger partial charge in [0.1, 0.15) is 9.88 Å². The molecule has 2 rings (SSSR count). The molecule has 0 radical (unpaired) electrons. The summed E-state index contributed by atoms with van der Waals surface area (Å²) in [4.78, 5) is 20.7. The van der Waals surface area contributed by atoms with E-state index in [1.54, 1.807) is 16.8 Å². The molecule has 1 amide bonds. The van der Waals surface area contributed by atoms with Crippen LogP contribution in [0.5, 0.6) is 0 Å². The van der Waals surface area contributed by atoms with Crippen LogP contribution in [0.25, 0.3) is 0 Å². The molecule has 0 saturated heterocycles. The fraction of sp³-hybridized carbons (Fsp3) is 0.300. The maximum atomic E-state index is 11.7. The predicted molar refractivity (Wildman–Crippen MR) is 64.9 cm³/mol. The zero-order valence-electron chi connectivity index (χ0n) is 8.98. The first-order valence-corrected chi connectivity index (χ1v) is 6.52. The Morgan fingerprint density at radius 2 is 2.25 bits per heavy atom. The number of amides is 1. The molecule has 84 valence electrons. The second kappa shape index (κ2) is 4.71. The zero-order valence-corrected chi connectivity index (χ0v) is 10.6. The van der Waals surface area contributed by atoms with E-state index in [4.69, 9.17) is 0 Å². The van der Waals surface area contributed by atoms with Crippen molar-refractivity contribution in [3.05, 3.63) is 32.2 Å². The van der Waals surface area contributed by atoms with E-state index in [1.807, 2.05) is 19.2 Å². The second-order valence-corrected chi connectivity index (χ2v) is 5.13. The number of aryl methyl sites for hydroxylation is 2. The van der Waals surface area contributed by atoms with Gasteiger partial charge >= 0.3 is 0 Å². The highest BCUT2D eigenvalue weighted by atomic mass is 32.1. The van der Waals surface area contributed by atoms with Crippen LogP contribution in [0.2, 0.25) is 0 Å². The van der Waals surface area contributed by atoms with Crippen molar-refractivity contribution in [3.8, 4) is 0 Å². The summed E-state index contributed by atoms with van der Waals surface area (Å²) < 4.78 is 0. The van der Waals surface area contributed by atoms with Crippen molar-refractivity contribution in [2.75, 3.05) is 0 Å². The van der Waals surface area contributed by atoms with Crippen molar-refractivity contribution in [1.82, 2.24) is 15.3 Å². The van der Waals surface area contributed by atoms with Gasteiger partial charge in [-0.2, -0.15) is 0 Å². The van der Waals surface area contributed by atoms with Crippen LogP contribution in [0.15, 0.2) is 10.9 Å². The number of carbonyl (C=O) groups is 1. The smallest absolute Gasteiger partial charge is 0.263 e. The molecule has 0 aliphatic rings. The monoisotopic (exact) mass is 253 g/mol. The van der Waals surface area contributed by atoms with Gasteiger partial charge < -0.3 is 5.32 Å². The van der Waals surface area contributed by atoms with Crippen molar-refractivity contribution in [3.63, 3.8) is 0 Å². The maximum absolute atomic E-state index is 11.7. The zero-order chi connectivity index (χ0) is 11.5. The lowest BCUT2D eigenvalue weighted by molar-refractivity contribution is 0.0954. The Labute approximate surface area is 101 Å². The van der Waals surface area contributed by atoms with Gasteiger partial charge in [0.05, 0.1) is 17.7 Å². The van der Waals surface area contributed by atoms with Gasteiger partial charge in [0.2, 0.25) is 0 Å². The van der Waals surface area contributed by atoms with Crippen molar-refractivity contribution in [1.29, 1.82) is 0 Å². The van der Waals surface area contributed by atoms with E-state index in [0.29, 0.717) is 11.4 Å². The van der Waals surface area contributed by atoms with E-state index >= 15 is 0 Å². The summed E-state index contributed by atoms with van der Waals surface area (Å²) >= 11 is 2.91. The molecule has 0 aliphatic heterocycles. The first kappa shape index (κ1) is 11.2. The summed E-state index contributed by atoms with van der Waals surface area (Å²) in [5, 5.41) is 5.73. The lowest BCUT2D eigenvalue weighted by Crippen LogP contribution is -2.22. The summed E-state index contributed by atoms with van der Waals surface area (Å²) in [5.41, 5.74) is 3.44. The van der Waals surface area contributed by atoms with Gasteiger partial charge in [-0.1, -0.05) is 0 Å². The molecule has 2 aromatic rings. The van der Waals surface area contributed by atoms with Crippen molar-refractivity contribution < 1.29 is 4.79 Å². The SMILES string of the molecule is Cc1csc(CNC(=O)c2scnc2C)n1. The Bertz CT molecular complexity index is 504. The Kier molecular flexibility index (Phi) is 3.31. The van der Waals surface area contributed by atoms with Gasteiger partial charge in [0.25, 0.3) is 5.91 Å². The predicted octanol–water partition coefficient (Wildman–Crippen LogP) is 2.15. The number of hydrogen-bond donors (Lipinski definition) is 1. The van der Waals surface area contributed by atoms with Gasteiger partial charge in [-0.25, -0.2) is 9.97 Å². The topological polar surface area (TPSA) is 54.9 Å². The Morgan fingerprint density at radius 1 is 1.44 bits per heavy atom. The molecule has 6 heteroatoms. The minimum atomic E-state index is -0.0761. The molecule has 0 aliphatic carbocycles. The average Bonchev–Trinajstić information content (AvgIpc) is 2.84. The fourth-order valence-electron chi connectivity index (χ4n) is 1.24. The van der Waals surface area contributed by atoms with Crippen molar-refractivity contribution in [2.45, 2.75) is 20.4 Å². The molecule has 0 unspecified atom stereocenters. The van der Waals surface area contributed by atoms with Crippen molar-refractivity contribution >= 4 is 28.6 Å². The molecule has 2 heterocycles. The first-order valence-electron chi connectivity index (χ1n) is 4.76. The standard InChI is InChI=1S/C10H11N3OS2/c1-6-4-15-8(13-6)3-11-10(14)9-7(2)12-5-16-9/h4-5H,3H2,1-2H3,(H,11,14). The summed E-state index contributed by atoms with van der Waals surface area (Å²) in [5.74, 6) is -0.0761. The lowest BCUT2D eigenvalue weighted by Gasteiger charge is -2.00. The van der Waals surface area contributed by atoms with Crippen LogP contribution in [-0.4, -0.2) is 15.9 Å². The Hall–Kier alpha value is -1.27. The third-order valence-corrected chi connectivity index (χ3v) is 3.91. The maximum Gasteiger partial charge on any atom is 0.263 e. The molecular weight excluding hydrogens is 242 g/mol. The molecule has 0 atom stereocenters. The molecule has 16 heavy (non-hydrogen) atoms. The van der Waals surface area contributed by atoms with Crippen LogP contribution in [0.1, 0.15) is 26.1 Å². The van der Waals surface area contributed by atoms with Gasteiger partial charge in [0, 0.05) is 11.1 Å². The lowest BCUT2D eigenvalue weighted by atomic mass is 10.4. The van der Waals surface area contributed by atoms with Crippen LogP contribution >= 0.6 is 22.7 Å². The summed E-state index contributed by atoms with van der Waals surface area (Å²) in [7, 11) is 0. The van der Waals surface area contributed by atoms with Crippen LogP contribution in [-0.2, 0) is 6.54 Å². The molecular formula is C10H11N3OS2. The van der Waals surface area contributed by atoms with E-state index in [9.17, 15) is 4.79 Å². The largest absolute Gasteiger partial charge is 0.345 e. The summed E-state index contributed by atoms with van der Waals surface area (Å²) in [6, 6.07) is 0. The van der Waals surface area contributed by atoms with Crippen LogP contribution in [0.3, 0.4) is 0 Å². The van der Waals surface area contributed by atoms with E-state index in [2.05, 4.69) is 15.3 Å². The number of nitrogens with zero attached hydrogens (tertiary/aromatic N) is 2. The van der Waals surface area contributed by atoms with Gasteiger partial charge in [-0.3, -0.25) is 4.79 Å². The van der Waals surface area contributed by atoms with Crippen LogP contribution < -0.4 is 5.32 Å². The van der Waals surface area contributed by atoms with Crippen molar-refractivity contribution in [2.24, 2.45) is 0 Å². The number of carbonyl (C=O) groups excluding carboxylic acids is 1. The van der Waals surface area contributed by atoms with Crippen LogP contribution in [0, 0.1) is 13.8 Å². The van der Waals surface area contributed by atoms with Gasteiger partial charge in [-0.05, 0) is 13.8 Å². The Balaban J connectivity index is 1.96. The molecule has 0 spiro atoms. The van der Waals surface area contributed by atoms with E-state index in [0.717, 1.165) is 16.4 Å². The summed E-state index contributed by atoms with van der Waals surface area (Å²) in [6.07, 6.45) is 0. The minimum absolute atomic E-state index is 0.0761. The summed E-state index contributed by atoms with van der Waals surface area (Å²) in [6.45, 7) is 4.25. The number of nitrogens with one attached hydrogen (secondary N) is 1. The first-order chi connectivity index (χ1) is 7.66. The molecule has 1 N–H and O–H groups in total. The number of thiazole rings is 2. The fourth-order valence-corrected chi connectivity index (χ4v) is 2.67.